The van der Waals surface area contributed by atoms with Crippen LogP contribution in [0, 0.1) is 5.92 Å². The lowest BCUT2D eigenvalue weighted by atomic mass is 9.96. The normalized spacial score (nSPS) is 19.4. The molecule has 8 heteroatoms. The molecule has 0 bridgehead atoms. The van der Waals surface area contributed by atoms with Crippen molar-refractivity contribution in [3.63, 3.8) is 0 Å². The number of nitrogens with zero attached hydrogens (tertiary/aromatic N) is 5. The van der Waals surface area contributed by atoms with Crippen LogP contribution in [0.15, 0.2) is 48.9 Å². The highest BCUT2D eigenvalue weighted by atomic mass is 16.5. The van der Waals surface area contributed by atoms with Crippen molar-refractivity contribution in [2.45, 2.75) is 12.8 Å². The lowest BCUT2D eigenvalue weighted by Gasteiger charge is -2.33. The lowest BCUT2D eigenvalue weighted by molar-refractivity contribution is -0.120. The molecule has 2 fully saturated rings. The van der Waals surface area contributed by atoms with Gasteiger partial charge in [-0.05, 0) is 43.2 Å². The van der Waals surface area contributed by atoms with Crippen molar-refractivity contribution in [3.8, 4) is 0 Å². The monoisotopic (exact) mass is 418 g/mol. The Labute approximate surface area is 181 Å². The van der Waals surface area contributed by atoms with Gasteiger partial charge < -0.3 is 19.9 Å². The number of benzene rings is 1. The van der Waals surface area contributed by atoms with E-state index in [4.69, 9.17) is 4.74 Å². The Balaban J connectivity index is 1.23. The van der Waals surface area contributed by atoms with E-state index in [2.05, 4.69) is 42.2 Å². The molecule has 1 aromatic carbocycles. The van der Waals surface area contributed by atoms with Crippen molar-refractivity contribution in [2.75, 3.05) is 54.5 Å². The Bertz CT molecular complexity index is 1050. The largest absolute Gasteiger partial charge is 0.378 e. The molecular formula is C23H26N6O2. The van der Waals surface area contributed by atoms with E-state index in [9.17, 15) is 4.79 Å². The van der Waals surface area contributed by atoms with Crippen LogP contribution in [0.25, 0.3) is 11.2 Å². The maximum atomic E-state index is 12.9. The molecule has 4 heterocycles. The number of carbonyl (C=O) groups is 1. The van der Waals surface area contributed by atoms with Crippen LogP contribution in [0.2, 0.25) is 0 Å². The Morgan fingerprint density at radius 1 is 0.968 bits per heavy atom. The van der Waals surface area contributed by atoms with E-state index in [1.54, 1.807) is 12.4 Å². The van der Waals surface area contributed by atoms with Gasteiger partial charge in [0.05, 0.1) is 31.0 Å². The summed E-state index contributed by atoms with van der Waals surface area (Å²) in [5.41, 5.74) is 4.39. The van der Waals surface area contributed by atoms with Crippen LogP contribution in [0.4, 0.5) is 17.1 Å². The van der Waals surface area contributed by atoms with Crippen LogP contribution in [0.1, 0.15) is 12.8 Å². The van der Waals surface area contributed by atoms with Crippen LogP contribution < -0.4 is 15.1 Å². The molecule has 8 nitrogen and oxygen atoms in total. The van der Waals surface area contributed by atoms with Crippen LogP contribution >= 0.6 is 0 Å². The zero-order chi connectivity index (χ0) is 21.0. The van der Waals surface area contributed by atoms with E-state index >= 15 is 0 Å². The molecule has 1 N–H and O–H groups in total. The summed E-state index contributed by atoms with van der Waals surface area (Å²) in [5, 5.41) is 3.10. The third kappa shape index (κ3) is 4.44. The molecule has 2 aromatic heterocycles. The first kappa shape index (κ1) is 19.7. The van der Waals surface area contributed by atoms with E-state index in [0.717, 1.165) is 68.3 Å². The van der Waals surface area contributed by atoms with Crippen LogP contribution in [0.5, 0.6) is 0 Å². The first-order valence-electron chi connectivity index (χ1n) is 10.8. The van der Waals surface area contributed by atoms with Crippen LogP contribution in [0.3, 0.4) is 0 Å². The van der Waals surface area contributed by atoms with Crippen molar-refractivity contribution < 1.29 is 9.53 Å². The second-order valence-corrected chi connectivity index (χ2v) is 8.01. The van der Waals surface area contributed by atoms with Crippen LogP contribution in [-0.4, -0.2) is 60.3 Å². The maximum absolute atomic E-state index is 12.9. The third-order valence-electron chi connectivity index (χ3n) is 5.98. The quantitative estimate of drug-likeness (QED) is 0.697. The fourth-order valence-corrected chi connectivity index (χ4v) is 4.27. The molecule has 0 saturated carbocycles. The average Bonchev–Trinajstić information content (AvgIpc) is 2.85. The van der Waals surface area contributed by atoms with Gasteiger partial charge in [-0.25, -0.2) is 9.97 Å². The predicted octanol–water partition coefficient (Wildman–Crippen LogP) is 2.72. The minimum atomic E-state index is -0.0646. The van der Waals surface area contributed by atoms with Gasteiger partial charge in [-0.15, -0.1) is 0 Å². The highest BCUT2D eigenvalue weighted by Gasteiger charge is 2.26. The molecule has 2 aliphatic rings. The molecule has 1 amide bonds. The van der Waals surface area contributed by atoms with Gasteiger partial charge in [0.15, 0.2) is 5.65 Å². The topological polar surface area (TPSA) is 83.5 Å². The van der Waals surface area contributed by atoms with Gasteiger partial charge in [0, 0.05) is 49.9 Å². The minimum Gasteiger partial charge on any atom is -0.378 e. The van der Waals surface area contributed by atoms with Crippen molar-refractivity contribution in [3.05, 3.63) is 48.9 Å². The number of ether oxygens (including phenoxy) is 1. The highest BCUT2D eigenvalue weighted by molar-refractivity contribution is 5.93. The fraction of sp³-hybridized carbons (Fsp3) is 0.391. The molecule has 31 heavy (non-hydrogen) atoms. The Morgan fingerprint density at radius 3 is 2.61 bits per heavy atom. The molecule has 0 aliphatic carbocycles. The second kappa shape index (κ2) is 8.85. The number of carbonyl (C=O) groups excluding carboxylic acids is 1. The van der Waals surface area contributed by atoms with Gasteiger partial charge in [0.25, 0.3) is 0 Å². The number of fused-ring (bicyclic) bond motifs is 1. The summed E-state index contributed by atoms with van der Waals surface area (Å²) in [6.07, 6.45) is 6.98. The molecule has 160 valence electrons. The summed E-state index contributed by atoms with van der Waals surface area (Å²) >= 11 is 0. The standard InChI is InChI=1S/C23H26N6O2/c30-23(27-18-3-5-19(6-4-18)28-10-12-31-13-11-28)17-2-1-9-29(16-17)20-14-21-22(26-15-20)25-8-7-24-21/h3-8,14-15,17H,1-2,9-13,16H2,(H,27,30)/t17-/m0/s1. The maximum Gasteiger partial charge on any atom is 0.229 e. The summed E-state index contributed by atoms with van der Waals surface area (Å²) in [7, 11) is 0. The smallest absolute Gasteiger partial charge is 0.229 e. The Kier molecular flexibility index (Phi) is 5.62. The van der Waals surface area contributed by atoms with Crippen molar-refractivity contribution in [2.24, 2.45) is 5.92 Å². The number of nitrogens with one attached hydrogen (secondary N) is 1. The van der Waals surface area contributed by atoms with E-state index in [1.165, 1.54) is 0 Å². The van der Waals surface area contributed by atoms with Crippen molar-refractivity contribution in [1.82, 2.24) is 15.0 Å². The van der Waals surface area contributed by atoms with E-state index < -0.39 is 0 Å². The molecule has 0 unspecified atom stereocenters. The molecular weight excluding hydrogens is 392 g/mol. The van der Waals surface area contributed by atoms with E-state index in [1.807, 2.05) is 24.4 Å². The zero-order valence-electron chi connectivity index (χ0n) is 17.4. The molecule has 5 rings (SSSR count). The number of hydrogen-bond acceptors (Lipinski definition) is 7. The predicted molar refractivity (Wildman–Crippen MR) is 120 cm³/mol. The fourth-order valence-electron chi connectivity index (χ4n) is 4.27. The third-order valence-corrected chi connectivity index (χ3v) is 5.98. The first-order valence-corrected chi connectivity index (χ1v) is 10.8. The summed E-state index contributed by atoms with van der Waals surface area (Å²) in [6, 6.07) is 10.1. The summed E-state index contributed by atoms with van der Waals surface area (Å²) < 4.78 is 5.41. The second-order valence-electron chi connectivity index (χ2n) is 8.01. The number of hydrogen-bond donors (Lipinski definition) is 1. The Morgan fingerprint density at radius 2 is 1.77 bits per heavy atom. The zero-order valence-corrected chi connectivity index (χ0v) is 17.4. The molecule has 0 radical (unpaired) electrons. The number of amides is 1. The van der Waals surface area contributed by atoms with Crippen molar-refractivity contribution >= 4 is 34.1 Å². The summed E-state index contributed by atoms with van der Waals surface area (Å²) in [4.78, 5) is 30.4. The van der Waals surface area contributed by atoms with Gasteiger partial charge >= 0.3 is 0 Å². The first-order chi connectivity index (χ1) is 15.3. The van der Waals surface area contributed by atoms with Gasteiger partial charge in [0.1, 0.15) is 5.52 Å². The SMILES string of the molecule is O=C(Nc1ccc(N2CCOCC2)cc1)[C@H]1CCCN(c2cnc3nccnc3c2)C1. The Hall–Kier alpha value is -3.26. The molecule has 1 atom stereocenters. The summed E-state index contributed by atoms with van der Waals surface area (Å²) in [6.45, 7) is 4.90. The van der Waals surface area contributed by atoms with E-state index in [0.29, 0.717) is 12.2 Å². The molecule has 2 saturated heterocycles. The van der Waals surface area contributed by atoms with E-state index in [-0.39, 0.29) is 11.8 Å². The lowest BCUT2D eigenvalue weighted by Crippen LogP contribution is -2.40. The van der Waals surface area contributed by atoms with Gasteiger partial charge in [0.2, 0.25) is 5.91 Å². The summed E-state index contributed by atoms with van der Waals surface area (Å²) in [5.74, 6) is 0.00240. The van der Waals surface area contributed by atoms with Crippen molar-refractivity contribution in [1.29, 1.82) is 0 Å². The number of rotatable bonds is 4. The number of anilines is 3. The molecule has 0 spiro atoms. The molecule has 3 aromatic rings. The number of piperidine rings is 1. The van der Waals surface area contributed by atoms with Crippen LogP contribution in [-0.2, 0) is 9.53 Å². The number of aromatic nitrogens is 3. The number of morpholine rings is 1. The minimum absolute atomic E-state index is 0.0646. The van der Waals surface area contributed by atoms with Gasteiger partial charge in [-0.1, -0.05) is 0 Å². The van der Waals surface area contributed by atoms with Gasteiger partial charge in [-0.3, -0.25) is 9.78 Å². The van der Waals surface area contributed by atoms with Gasteiger partial charge in [-0.2, -0.15) is 0 Å². The highest BCUT2D eigenvalue weighted by Crippen LogP contribution is 2.26. The number of pyridine rings is 1. The molecule has 2 aliphatic heterocycles. The average molecular weight is 419 g/mol.